The molecule has 2 aromatic carbocycles. The highest BCUT2D eigenvalue weighted by atomic mass is 16.5. The van der Waals surface area contributed by atoms with Gasteiger partial charge in [0.2, 0.25) is 5.78 Å². The summed E-state index contributed by atoms with van der Waals surface area (Å²) in [6, 6.07) is 17.3. The summed E-state index contributed by atoms with van der Waals surface area (Å²) in [5.74, 6) is 0.914. The molecule has 2 heterocycles. The van der Waals surface area contributed by atoms with Gasteiger partial charge in [-0.15, -0.1) is 0 Å². The molecule has 0 saturated heterocycles. The smallest absolute Gasteiger partial charge is 0.232 e. The van der Waals surface area contributed by atoms with Crippen molar-refractivity contribution in [3.63, 3.8) is 0 Å². The number of carbonyl (C=O) groups excluding carboxylic acids is 1. The number of aromatic nitrogens is 1. The zero-order valence-corrected chi connectivity index (χ0v) is 10.6. The fourth-order valence-corrected chi connectivity index (χ4v) is 2.45. The molecule has 0 amide bonds. The molecule has 1 N–H and O–H groups in total. The largest absolute Gasteiger partial charge is 0.452 e. The number of ether oxygens (including phenoxy) is 1. The van der Waals surface area contributed by atoms with Crippen LogP contribution < -0.4 is 4.74 Å². The summed E-state index contributed by atoms with van der Waals surface area (Å²) in [5, 5.41) is 1.11. The Labute approximate surface area is 115 Å². The molecule has 3 nitrogen and oxygen atoms in total. The summed E-state index contributed by atoms with van der Waals surface area (Å²) in [7, 11) is 0. The van der Waals surface area contributed by atoms with E-state index in [-0.39, 0.29) is 5.78 Å². The highest BCUT2D eigenvalue weighted by molar-refractivity contribution is 6.14. The minimum Gasteiger partial charge on any atom is -0.452 e. The first-order chi connectivity index (χ1) is 9.81. The van der Waals surface area contributed by atoms with Gasteiger partial charge in [0.15, 0.2) is 5.76 Å². The minimum atomic E-state index is -0.0701. The number of benzene rings is 2. The molecule has 0 aliphatic carbocycles. The van der Waals surface area contributed by atoms with E-state index in [1.807, 2.05) is 42.5 Å². The third-order valence-electron chi connectivity index (χ3n) is 3.41. The summed E-state index contributed by atoms with van der Waals surface area (Å²) in [6.07, 6.45) is 1.75. The summed E-state index contributed by atoms with van der Waals surface area (Å²) in [4.78, 5) is 15.5. The van der Waals surface area contributed by atoms with E-state index in [0.717, 1.165) is 16.6 Å². The Balaban J connectivity index is 1.77. The van der Waals surface area contributed by atoms with Gasteiger partial charge in [-0.05, 0) is 29.7 Å². The molecular weight excluding hydrogens is 250 g/mol. The average Bonchev–Trinajstić information content (AvgIpc) is 3.01. The van der Waals surface area contributed by atoms with E-state index in [1.54, 1.807) is 18.2 Å². The molecule has 0 saturated carbocycles. The number of rotatable bonds is 1. The lowest BCUT2D eigenvalue weighted by molar-refractivity contribution is 0.101. The van der Waals surface area contributed by atoms with Gasteiger partial charge in [0.1, 0.15) is 5.75 Å². The number of allylic oxidation sites excluding steroid dienone is 1. The van der Waals surface area contributed by atoms with Gasteiger partial charge >= 0.3 is 0 Å². The van der Waals surface area contributed by atoms with Crippen molar-refractivity contribution < 1.29 is 9.53 Å². The normalized spacial score (nSPS) is 15.6. The number of hydrogen-bond donors (Lipinski definition) is 1. The number of hydrogen-bond acceptors (Lipinski definition) is 2. The summed E-state index contributed by atoms with van der Waals surface area (Å²) in [6.45, 7) is 0. The molecule has 4 rings (SSSR count). The standard InChI is InChI=1S/C17H11NO2/c19-17-13-6-2-4-8-15(13)20-16(17)10-12-9-11-5-1-3-7-14(11)18-12/h1-10,18H/b16-10-. The molecule has 0 spiro atoms. The summed E-state index contributed by atoms with van der Waals surface area (Å²) >= 11 is 0. The average molecular weight is 261 g/mol. The second kappa shape index (κ2) is 4.10. The first-order valence-corrected chi connectivity index (χ1v) is 6.42. The van der Waals surface area contributed by atoms with Gasteiger partial charge in [-0.2, -0.15) is 0 Å². The molecule has 0 radical (unpaired) electrons. The maximum Gasteiger partial charge on any atom is 0.232 e. The van der Waals surface area contributed by atoms with E-state index in [0.29, 0.717) is 17.1 Å². The van der Waals surface area contributed by atoms with E-state index in [2.05, 4.69) is 4.98 Å². The molecule has 3 aromatic rings. The van der Waals surface area contributed by atoms with Crippen molar-refractivity contribution in [1.82, 2.24) is 4.98 Å². The number of carbonyl (C=O) groups is 1. The number of H-pyrrole nitrogens is 1. The monoisotopic (exact) mass is 261 g/mol. The zero-order valence-electron chi connectivity index (χ0n) is 10.6. The lowest BCUT2D eigenvalue weighted by Crippen LogP contribution is -1.97. The maximum absolute atomic E-state index is 12.2. The van der Waals surface area contributed by atoms with Crippen LogP contribution >= 0.6 is 0 Å². The summed E-state index contributed by atoms with van der Waals surface area (Å²) in [5.41, 5.74) is 2.53. The Hall–Kier alpha value is -2.81. The van der Waals surface area contributed by atoms with Gasteiger partial charge < -0.3 is 9.72 Å². The Morgan fingerprint density at radius 1 is 1.00 bits per heavy atom. The lowest BCUT2D eigenvalue weighted by Gasteiger charge is -1.96. The van der Waals surface area contributed by atoms with E-state index >= 15 is 0 Å². The molecule has 0 atom stereocenters. The van der Waals surface area contributed by atoms with E-state index in [9.17, 15) is 4.79 Å². The molecule has 3 heteroatoms. The van der Waals surface area contributed by atoms with E-state index in [4.69, 9.17) is 4.74 Å². The third kappa shape index (κ3) is 1.64. The molecule has 1 aliphatic rings. The van der Waals surface area contributed by atoms with Crippen LogP contribution in [0, 0.1) is 0 Å². The van der Waals surface area contributed by atoms with Gasteiger partial charge in [0.25, 0.3) is 0 Å². The van der Waals surface area contributed by atoms with Crippen molar-refractivity contribution in [3.8, 4) is 5.75 Å². The Kier molecular flexibility index (Phi) is 2.27. The molecule has 0 fully saturated rings. The molecule has 0 unspecified atom stereocenters. The van der Waals surface area contributed by atoms with Crippen molar-refractivity contribution in [2.45, 2.75) is 0 Å². The van der Waals surface area contributed by atoms with Crippen molar-refractivity contribution in [3.05, 3.63) is 71.6 Å². The Morgan fingerprint density at radius 3 is 2.65 bits per heavy atom. The Bertz CT molecular complexity index is 825. The van der Waals surface area contributed by atoms with Crippen LogP contribution in [0.4, 0.5) is 0 Å². The quantitative estimate of drug-likeness (QED) is 0.677. The Morgan fingerprint density at radius 2 is 1.80 bits per heavy atom. The fourth-order valence-electron chi connectivity index (χ4n) is 2.45. The number of aromatic amines is 1. The van der Waals surface area contributed by atoms with Crippen LogP contribution in [0.3, 0.4) is 0 Å². The van der Waals surface area contributed by atoms with Gasteiger partial charge in [0.05, 0.1) is 5.56 Å². The maximum atomic E-state index is 12.2. The van der Waals surface area contributed by atoms with Crippen LogP contribution in [0.15, 0.2) is 60.4 Å². The number of para-hydroxylation sites is 2. The zero-order chi connectivity index (χ0) is 13.5. The van der Waals surface area contributed by atoms with E-state index < -0.39 is 0 Å². The van der Waals surface area contributed by atoms with Crippen LogP contribution in [0.25, 0.3) is 17.0 Å². The van der Waals surface area contributed by atoms with Crippen molar-refractivity contribution in [2.75, 3.05) is 0 Å². The molecular formula is C17H11NO2. The fraction of sp³-hybridized carbons (Fsp3) is 0. The predicted molar refractivity (Wildman–Crippen MR) is 77.7 cm³/mol. The molecule has 1 aliphatic heterocycles. The topological polar surface area (TPSA) is 42.1 Å². The number of Topliss-reactive ketones (excluding diaryl/α,β-unsaturated/α-hetero) is 1. The van der Waals surface area contributed by atoms with Crippen molar-refractivity contribution in [1.29, 1.82) is 0 Å². The lowest BCUT2D eigenvalue weighted by atomic mass is 10.1. The van der Waals surface area contributed by atoms with E-state index in [1.165, 1.54) is 0 Å². The second-order valence-electron chi connectivity index (χ2n) is 4.75. The third-order valence-corrected chi connectivity index (χ3v) is 3.41. The first kappa shape index (κ1) is 11.1. The molecule has 20 heavy (non-hydrogen) atoms. The van der Waals surface area contributed by atoms with Crippen LogP contribution in [0.5, 0.6) is 5.75 Å². The van der Waals surface area contributed by atoms with Gasteiger partial charge in [-0.1, -0.05) is 30.3 Å². The number of fused-ring (bicyclic) bond motifs is 2. The van der Waals surface area contributed by atoms with Gasteiger partial charge in [0, 0.05) is 17.3 Å². The molecule has 0 bridgehead atoms. The minimum absolute atomic E-state index is 0.0701. The SMILES string of the molecule is O=C1/C(=C/c2cc3ccccc3[nH]2)Oc2ccccc21. The highest BCUT2D eigenvalue weighted by Gasteiger charge is 2.26. The van der Waals surface area contributed by atoms with Crippen LogP contribution in [0.1, 0.15) is 16.1 Å². The predicted octanol–water partition coefficient (Wildman–Crippen LogP) is 3.78. The number of nitrogens with one attached hydrogen (secondary N) is 1. The van der Waals surface area contributed by atoms with Gasteiger partial charge in [-0.3, -0.25) is 4.79 Å². The van der Waals surface area contributed by atoms with Crippen molar-refractivity contribution >= 4 is 22.8 Å². The number of ketones is 1. The van der Waals surface area contributed by atoms with Crippen LogP contribution in [-0.2, 0) is 0 Å². The van der Waals surface area contributed by atoms with Gasteiger partial charge in [-0.25, -0.2) is 0 Å². The molecule has 1 aromatic heterocycles. The molecule has 96 valence electrons. The highest BCUT2D eigenvalue weighted by Crippen LogP contribution is 2.31. The van der Waals surface area contributed by atoms with Crippen molar-refractivity contribution in [2.24, 2.45) is 0 Å². The first-order valence-electron chi connectivity index (χ1n) is 6.42. The van der Waals surface area contributed by atoms with Crippen LogP contribution in [0.2, 0.25) is 0 Å². The van der Waals surface area contributed by atoms with Crippen LogP contribution in [-0.4, -0.2) is 10.8 Å². The summed E-state index contributed by atoms with van der Waals surface area (Å²) < 4.78 is 5.61. The second-order valence-corrected chi connectivity index (χ2v) is 4.75.